The average molecular weight is 523 g/mol. The molecule has 2 unspecified atom stereocenters. The van der Waals surface area contributed by atoms with E-state index >= 15 is 0 Å². The Balaban J connectivity index is 1.37. The summed E-state index contributed by atoms with van der Waals surface area (Å²) in [6.07, 6.45) is -4.15. The van der Waals surface area contributed by atoms with Crippen LogP contribution < -0.4 is 15.1 Å². The number of alkyl halides is 3. The molecule has 3 heterocycles. The summed E-state index contributed by atoms with van der Waals surface area (Å²) in [5.74, 6) is -0.569. The van der Waals surface area contributed by atoms with Gasteiger partial charge < -0.3 is 19.9 Å². The number of carbonyl (C=O) groups excluding carboxylic acids is 1. The van der Waals surface area contributed by atoms with E-state index in [2.05, 4.69) is 20.0 Å². The molecule has 10 heteroatoms. The highest BCUT2D eigenvalue weighted by atomic mass is 35.5. The molecule has 36 heavy (non-hydrogen) atoms. The van der Waals surface area contributed by atoms with Gasteiger partial charge in [-0.2, -0.15) is 13.2 Å². The van der Waals surface area contributed by atoms with E-state index in [1.54, 1.807) is 6.07 Å². The van der Waals surface area contributed by atoms with Crippen LogP contribution >= 0.6 is 11.6 Å². The SMILES string of the molecule is O=C(NCCN1CCOCC1)C1Cc2cc(C(F)(F)F)ccc2N2CCN(c3ccc(Cl)cc3)CC12. The van der Waals surface area contributed by atoms with Crippen molar-refractivity contribution in [1.29, 1.82) is 0 Å². The number of fused-ring (bicyclic) bond motifs is 3. The monoisotopic (exact) mass is 522 g/mol. The van der Waals surface area contributed by atoms with E-state index in [0.29, 0.717) is 50.0 Å². The number of rotatable bonds is 5. The molecule has 0 aromatic heterocycles. The van der Waals surface area contributed by atoms with E-state index in [4.69, 9.17) is 16.3 Å². The number of nitrogens with zero attached hydrogens (tertiary/aromatic N) is 3. The highest BCUT2D eigenvalue weighted by Crippen LogP contribution is 2.40. The first-order valence-corrected chi connectivity index (χ1v) is 12.7. The fourth-order valence-electron chi connectivity index (χ4n) is 5.48. The van der Waals surface area contributed by atoms with Crippen molar-refractivity contribution in [3.63, 3.8) is 0 Å². The van der Waals surface area contributed by atoms with E-state index in [9.17, 15) is 18.0 Å². The quantitative estimate of drug-likeness (QED) is 0.649. The molecule has 1 amide bonds. The minimum absolute atomic E-state index is 0.112. The second-order valence-corrected chi connectivity index (χ2v) is 10.0. The molecule has 1 N–H and O–H groups in total. The molecule has 2 fully saturated rings. The fraction of sp³-hybridized carbons (Fsp3) is 0.500. The van der Waals surface area contributed by atoms with Gasteiger partial charge in [0.05, 0.1) is 30.7 Å². The first-order chi connectivity index (χ1) is 17.3. The van der Waals surface area contributed by atoms with Gasteiger partial charge in [0, 0.05) is 62.2 Å². The largest absolute Gasteiger partial charge is 0.416 e. The first kappa shape index (κ1) is 25.2. The Kier molecular flexibility index (Phi) is 7.32. The van der Waals surface area contributed by atoms with Gasteiger partial charge in [-0.15, -0.1) is 0 Å². The lowest BCUT2D eigenvalue weighted by molar-refractivity contribution is -0.137. The van der Waals surface area contributed by atoms with Crippen LogP contribution in [0.4, 0.5) is 24.5 Å². The van der Waals surface area contributed by atoms with E-state index in [1.807, 2.05) is 24.3 Å². The Morgan fingerprint density at radius 3 is 2.53 bits per heavy atom. The number of hydrogen-bond acceptors (Lipinski definition) is 5. The van der Waals surface area contributed by atoms with Crippen LogP contribution in [-0.4, -0.2) is 75.9 Å². The lowest BCUT2D eigenvalue weighted by atomic mass is 9.82. The third-order valence-corrected chi connectivity index (χ3v) is 7.65. The van der Waals surface area contributed by atoms with Crippen molar-refractivity contribution < 1.29 is 22.7 Å². The van der Waals surface area contributed by atoms with Crippen LogP contribution in [0.2, 0.25) is 5.02 Å². The number of nitrogens with one attached hydrogen (secondary N) is 1. The smallest absolute Gasteiger partial charge is 0.379 e. The van der Waals surface area contributed by atoms with Gasteiger partial charge in [0.2, 0.25) is 5.91 Å². The van der Waals surface area contributed by atoms with Gasteiger partial charge in [-0.3, -0.25) is 9.69 Å². The molecule has 2 atom stereocenters. The van der Waals surface area contributed by atoms with Gasteiger partial charge in [0.25, 0.3) is 0 Å². The van der Waals surface area contributed by atoms with Gasteiger partial charge in [-0.1, -0.05) is 11.6 Å². The van der Waals surface area contributed by atoms with Gasteiger partial charge in [-0.05, 0) is 54.4 Å². The van der Waals surface area contributed by atoms with Gasteiger partial charge in [-0.25, -0.2) is 0 Å². The predicted molar refractivity (Wildman–Crippen MR) is 134 cm³/mol. The molecule has 5 rings (SSSR count). The summed E-state index contributed by atoms with van der Waals surface area (Å²) in [6, 6.07) is 11.4. The number of anilines is 2. The second kappa shape index (κ2) is 10.5. The average Bonchev–Trinajstić information content (AvgIpc) is 2.88. The highest BCUT2D eigenvalue weighted by Gasteiger charge is 2.42. The summed E-state index contributed by atoms with van der Waals surface area (Å²) < 4.78 is 45.7. The second-order valence-electron chi connectivity index (χ2n) is 9.58. The maximum Gasteiger partial charge on any atom is 0.416 e. The van der Waals surface area contributed by atoms with E-state index < -0.39 is 17.7 Å². The number of morpholine rings is 1. The van der Waals surface area contributed by atoms with Crippen LogP contribution in [0.25, 0.3) is 0 Å². The third-order valence-electron chi connectivity index (χ3n) is 7.40. The van der Waals surface area contributed by atoms with Gasteiger partial charge in [0.1, 0.15) is 0 Å². The van der Waals surface area contributed by atoms with Crippen LogP contribution in [0.1, 0.15) is 11.1 Å². The molecule has 0 radical (unpaired) electrons. The fourth-order valence-corrected chi connectivity index (χ4v) is 5.60. The summed E-state index contributed by atoms with van der Waals surface area (Å²) in [5, 5.41) is 3.72. The van der Waals surface area contributed by atoms with E-state index in [1.165, 1.54) is 6.07 Å². The highest BCUT2D eigenvalue weighted by molar-refractivity contribution is 6.30. The molecule has 0 aliphatic carbocycles. The number of hydrogen-bond donors (Lipinski definition) is 1. The Labute approximate surface area is 213 Å². The number of piperazine rings is 1. The molecule has 0 spiro atoms. The zero-order chi connectivity index (χ0) is 25.3. The van der Waals surface area contributed by atoms with Crippen molar-refractivity contribution in [2.45, 2.75) is 18.6 Å². The Morgan fingerprint density at radius 1 is 1.06 bits per heavy atom. The predicted octanol–water partition coefficient (Wildman–Crippen LogP) is 3.67. The summed E-state index contributed by atoms with van der Waals surface area (Å²) in [4.78, 5) is 20.0. The summed E-state index contributed by atoms with van der Waals surface area (Å²) in [6.45, 7) is 6.18. The number of benzene rings is 2. The molecular weight excluding hydrogens is 493 g/mol. The molecule has 6 nitrogen and oxygen atoms in total. The molecular formula is C26H30ClF3N4O2. The van der Waals surface area contributed by atoms with Crippen LogP contribution in [-0.2, 0) is 22.1 Å². The van der Waals surface area contributed by atoms with Crippen LogP contribution in [0.15, 0.2) is 42.5 Å². The molecule has 0 bridgehead atoms. The molecule has 2 saturated heterocycles. The lowest BCUT2D eigenvalue weighted by Gasteiger charge is -2.49. The molecule has 0 saturated carbocycles. The maximum atomic E-state index is 13.4. The van der Waals surface area contributed by atoms with E-state index in [0.717, 1.165) is 37.1 Å². The number of halogens is 4. The topological polar surface area (TPSA) is 48.1 Å². The molecule has 2 aromatic carbocycles. The van der Waals surface area contributed by atoms with Crippen molar-refractivity contribution in [2.24, 2.45) is 5.92 Å². The van der Waals surface area contributed by atoms with Crippen molar-refractivity contribution in [1.82, 2.24) is 10.2 Å². The summed E-state index contributed by atoms with van der Waals surface area (Å²) >= 11 is 6.06. The Morgan fingerprint density at radius 2 is 1.81 bits per heavy atom. The number of carbonyl (C=O) groups is 1. The minimum Gasteiger partial charge on any atom is -0.379 e. The maximum absolute atomic E-state index is 13.4. The summed E-state index contributed by atoms with van der Waals surface area (Å²) in [5.41, 5.74) is 1.71. The van der Waals surface area contributed by atoms with Crippen LogP contribution in [0, 0.1) is 5.92 Å². The Bertz CT molecular complexity index is 1080. The van der Waals surface area contributed by atoms with Crippen LogP contribution in [0.3, 0.4) is 0 Å². The normalized spacial score (nSPS) is 22.7. The lowest BCUT2D eigenvalue weighted by Crippen LogP contribution is -2.61. The number of ether oxygens (including phenoxy) is 1. The third kappa shape index (κ3) is 5.43. The van der Waals surface area contributed by atoms with Crippen molar-refractivity contribution >= 4 is 28.9 Å². The van der Waals surface area contributed by atoms with Crippen molar-refractivity contribution in [2.75, 3.05) is 68.8 Å². The number of amides is 1. The first-order valence-electron chi connectivity index (χ1n) is 12.3. The van der Waals surface area contributed by atoms with Crippen LogP contribution in [0.5, 0.6) is 0 Å². The Hall–Kier alpha value is -2.49. The zero-order valence-electron chi connectivity index (χ0n) is 19.9. The summed E-state index contributed by atoms with van der Waals surface area (Å²) in [7, 11) is 0. The molecule has 194 valence electrons. The molecule has 2 aromatic rings. The van der Waals surface area contributed by atoms with Gasteiger partial charge in [0.15, 0.2) is 0 Å². The van der Waals surface area contributed by atoms with E-state index in [-0.39, 0.29) is 18.4 Å². The van der Waals surface area contributed by atoms with Crippen molar-refractivity contribution in [3.8, 4) is 0 Å². The minimum atomic E-state index is -4.42. The molecule has 3 aliphatic heterocycles. The molecule has 3 aliphatic rings. The van der Waals surface area contributed by atoms with Gasteiger partial charge >= 0.3 is 6.18 Å². The van der Waals surface area contributed by atoms with Crippen molar-refractivity contribution in [3.05, 3.63) is 58.6 Å². The zero-order valence-corrected chi connectivity index (χ0v) is 20.7. The standard InChI is InChI=1S/C26H30ClF3N4O2/c27-20-2-4-21(5-3-20)33-9-10-34-23-6-1-19(26(28,29)30)15-18(23)16-22(24(34)17-33)25(35)31-7-8-32-11-13-36-14-12-32/h1-6,15,22,24H,7-14,16-17H2,(H,31,35).